The monoisotopic (exact) mass is 462 g/mol. The van der Waals surface area contributed by atoms with E-state index < -0.39 is 28.8 Å². The molecule has 0 aromatic heterocycles. The minimum Gasteiger partial charge on any atom is -0.497 e. The topological polar surface area (TPSA) is 96.9 Å². The van der Waals surface area contributed by atoms with Gasteiger partial charge in [0.15, 0.2) is 10.7 Å². The smallest absolute Gasteiger partial charge is 0.413 e. The van der Waals surface area contributed by atoms with Crippen molar-refractivity contribution >= 4 is 29.4 Å². The van der Waals surface area contributed by atoms with Crippen molar-refractivity contribution in [1.82, 2.24) is 10.6 Å². The van der Waals surface area contributed by atoms with Gasteiger partial charge in [-0.2, -0.15) is 0 Å². The van der Waals surface area contributed by atoms with Gasteiger partial charge in [0, 0.05) is 11.6 Å². The van der Waals surface area contributed by atoms with Gasteiger partial charge in [-0.25, -0.2) is 14.0 Å². The Kier molecular flexibility index (Phi) is 8.15. The molecule has 1 amide bonds. The molecule has 32 heavy (non-hydrogen) atoms. The Labute approximate surface area is 191 Å². The first-order valence-electron chi connectivity index (χ1n) is 9.84. The zero-order valence-electron chi connectivity index (χ0n) is 18.4. The zero-order valence-corrected chi connectivity index (χ0v) is 19.2. The van der Waals surface area contributed by atoms with E-state index in [-0.39, 0.29) is 29.5 Å². The predicted molar refractivity (Wildman–Crippen MR) is 122 cm³/mol. The van der Waals surface area contributed by atoms with Gasteiger partial charge in [-0.15, -0.1) is 0 Å². The van der Waals surface area contributed by atoms with Crippen LogP contribution in [0.5, 0.6) is 5.75 Å². The second kappa shape index (κ2) is 10.4. The summed E-state index contributed by atoms with van der Waals surface area (Å²) in [5.74, 6) is -1.89. The highest BCUT2D eigenvalue weighted by Gasteiger charge is 2.46. The van der Waals surface area contributed by atoms with Gasteiger partial charge in [0.25, 0.3) is 0 Å². The SMILES string of the molecule is COc1ccc(C(CC(C)(C)C)(NC(=S)NC(=O)OCc2ccccc2)C(=O)O)c(F)c1. The molecule has 1 atom stereocenters. The van der Waals surface area contributed by atoms with E-state index in [4.69, 9.17) is 21.7 Å². The summed E-state index contributed by atoms with van der Waals surface area (Å²) in [6.45, 7) is 5.46. The van der Waals surface area contributed by atoms with Crippen molar-refractivity contribution < 1.29 is 28.6 Å². The molecular weight excluding hydrogens is 435 g/mol. The highest BCUT2D eigenvalue weighted by Crippen LogP contribution is 2.37. The van der Waals surface area contributed by atoms with E-state index in [1.54, 1.807) is 24.3 Å². The highest BCUT2D eigenvalue weighted by molar-refractivity contribution is 7.80. The van der Waals surface area contributed by atoms with E-state index >= 15 is 0 Å². The van der Waals surface area contributed by atoms with Gasteiger partial charge in [-0.3, -0.25) is 5.32 Å². The Morgan fingerprint density at radius 2 is 1.78 bits per heavy atom. The maximum Gasteiger partial charge on any atom is 0.413 e. The molecule has 0 saturated heterocycles. The van der Waals surface area contributed by atoms with Gasteiger partial charge in [0.1, 0.15) is 18.2 Å². The summed E-state index contributed by atoms with van der Waals surface area (Å²) in [4.78, 5) is 24.6. The van der Waals surface area contributed by atoms with Gasteiger partial charge in [-0.1, -0.05) is 51.1 Å². The lowest BCUT2D eigenvalue weighted by Gasteiger charge is -2.37. The van der Waals surface area contributed by atoms with Crippen LogP contribution >= 0.6 is 12.2 Å². The van der Waals surface area contributed by atoms with Gasteiger partial charge in [-0.05, 0) is 41.7 Å². The van der Waals surface area contributed by atoms with E-state index in [9.17, 15) is 19.1 Å². The minimum absolute atomic E-state index is 0.00839. The van der Waals surface area contributed by atoms with Crippen LogP contribution < -0.4 is 15.4 Å². The van der Waals surface area contributed by atoms with Gasteiger partial charge >= 0.3 is 12.1 Å². The molecule has 0 radical (unpaired) electrons. The Bertz CT molecular complexity index is 978. The third-order valence-electron chi connectivity index (χ3n) is 4.55. The average molecular weight is 463 g/mol. The predicted octanol–water partition coefficient (Wildman–Crippen LogP) is 4.35. The second-order valence-electron chi connectivity index (χ2n) is 8.43. The number of carboxylic acid groups (broad SMARTS) is 1. The van der Waals surface area contributed by atoms with E-state index in [1.165, 1.54) is 19.2 Å². The number of methoxy groups -OCH3 is 1. The Morgan fingerprint density at radius 1 is 1.12 bits per heavy atom. The first kappa shape index (κ1) is 25.1. The number of nitrogens with one attached hydrogen (secondary N) is 2. The zero-order chi connectivity index (χ0) is 23.9. The van der Waals surface area contributed by atoms with E-state index in [1.807, 2.05) is 26.8 Å². The van der Waals surface area contributed by atoms with E-state index in [0.29, 0.717) is 0 Å². The van der Waals surface area contributed by atoms with Crippen LogP contribution in [-0.2, 0) is 21.7 Å². The third-order valence-corrected chi connectivity index (χ3v) is 4.76. The molecule has 0 bridgehead atoms. The van der Waals surface area contributed by atoms with Crippen LogP contribution in [0.4, 0.5) is 9.18 Å². The number of amides is 1. The molecule has 0 saturated carbocycles. The molecular formula is C23H27FN2O5S. The van der Waals surface area contributed by atoms with Crippen molar-refractivity contribution in [1.29, 1.82) is 0 Å². The average Bonchev–Trinajstić information content (AvgIpc) is 2.71. The van der Waals surface area contributed by atoms with Crippen LogP contribution in [0, 0.1) is 11.2 Å². The largest absolute Gasteiger partial charge is 0.497 e. The molecule has 7 nitrogen and oxygen atoms in total. The fourth-order valence-corrected chi connectivity index (χ4v) is 3.55. The normalized spacial score (nSPS) is 12.9. The molecule has 1 unspecified atom stereocenters. The number of carboxylic acids is 1. The molecule has 172 valence electrons. The van der Waals surface area contributed by atoms with Crippen LogP contribution in [0.1, 0.15) is 38.3 Å². The summed E-state index contributed by atoms with van der Waals surface area (Å²) in [5, 5.41) is 14.8. The molecule has 2 rings (SSSR count). The molecule has 3 N–H and O–H groups in total. The van der Waals surface area contributed by atoms with Gasteiger partial charge in [0.2, 0.25) is 0 Å². The summed E-state index contributed by atoms with van der Waals surface area (Å²) >= 11 is 5.18. The number of hydrogen-bond acceptors (Lipinski definition) is 5. The van der Waals surface area contributed by atoms with Crippen LogP contribution in [0.15, 0.2) is 48.5 Å². The van der Waals surface area contributed by atoms with Crippen LogP contribution in [0.3, 0.4) is 0 Å². The van der Waals surface area contributed by atoms with Gasteiger partial charge < -0.3 is 19.9 Å². The summed E-state index contributed by atoms with van der Waals surface area (Å²) in [7, 11) is 1.38. The fourth-order valence-electron chi connectivity index (χ4n) is 3.29. The van der Waals surface area contributed by atoms with Crippen molar-refractivity contribution in [2.75, 3.05) is 7.11 Å². The first-order chi connectivity index (χ1) is 15.0. The van der Waals surface area contributed by atoms with Crippen molar-refractivity contribution in [3.8, 4) is 5.75 Å². The molecule has 0 aliphatic rings. The van der Waals surface area contributed by atoms with Crippen molar-refractivity contribution in [3.63, 3.8) is 0 Å². The van der Waals surface area contributed by atoms with Crippen molar-refractivity contribution in [2.24, 2.45) is 5.41 Å². The molecule has 0 aliphatic carbocycles. The summed E-state index contributed by atoms with van der Waals surface area (Å²) in [6, 6.07) is 12.9. The number of hydrogen-bond donors (Lipinski definition) is 3. The fraction of sp³-hybridized carbons (Fsp3) is 0.348. The molecule has 2 aromatic carbocycles. The maximum atomic E-state index is 15.0. The lowest BCUT2D eigenvalue weighted by molar-refractivity contribution is -0.146. The van der Waals surface area contributed by atoms with Crippen LogP contribution in [0.2, 0.25) is 0 Å². The molecule has 9 heteroatoms. The summed E-state index contributed by atoms with van der Waals surface area (Å²) in [6.07, 6.45) is -0.893. The molecule has 0 fully saturated rings. The maximum absolute atomic E-state index is 15.0. The molecule has 0 spiro atoms. The number of alkyl carbamates (subject to hydrolysis) is 1. The number of carbonyl (C=O) groups is 2. The standard InChI is InChI=1S/C23H27FN2O5S/c1-22(2,3)14-23(19(27)28,17-11-10-16(30-4)12-18(17)24)26-20(32)25-21(29)31-13-15-8-6-5-7-9-15/h5-12H,13-14H2,1-4H3,(H,27,28)(H2,25,26,29,32). The lowest BCUT2D eigenvalue weighted by atomic mass is 9.75. The van der Waals surface area contributed by atoms with Crippen LogP contribution in [-0.4, -0.2) is 29.4 Å². The number of aliphatic carboxylic acids is 1. The quantitative estimate of drug-likeness (QED) is 0.526. The number of ether oxygens (including phenoxy) is 2. The summed E-state index contributed by atoms with van der Waals surface area (Å²) < 4.78 is 25.1. The second-order valence-corrected chi connectivity index (χ2v) is 8.84. The number of carbonyl (C=O) groups excluding carboxylic acids is 1. The Balaban J connectivity index is 2.26. The van der Waals surface area contributed by atoms with Crippen molar-refractivity contribution in [3.05, 3.63) is 65.5 Å². The molecule has 0 heterocycles. The van der Waals surface area contributed by atoms with E-state index in [0.717, 1.165) is 11.6 Å². The van der Waals surface area contributed by atoms with Crippen molar-refractivity contribution in [2.45, 2.75) is 39.3 Å². The third kappa shape index (κ3) is 6.65. The van der Waals surface area contributed by atoms with E-state index in [2.05, 4.69) is 10.6 Å². The number of rotatable bonds is 7. The number of benzene rings is 2. The Hall–Kier alpha value is -3.20. The Morgan fingerprint density at radius 3 is 2.31 bits per heavy atom. The minimum atomic E-state index is -1.95. The molecule has 2 aromatic rings. The lowest BCUT2D eigenvalue weighted by Crippen LogP contribution is -2.57. The summed E-state index contributed by atoms with van der Waals surface area (Å²) in [5.41, 5.74) is -1.85. The number of halogens is 1. The van der Waals surface area contributed by atoms with Gasteiger partial charge in [0.05, 0.1) is 7.11 Å². The first-order valence-corrected chi connectivity index (χ1v) is 10.2. The highest BCUT2D eigenvalue weighted by atomic mass is 32.1. The van der Waals surface area contributed by atoms with Crippen LogP contribution in [0.25, 0.3) is 0 Å². The molecule has 0 aliphatic heterocycles. The number of thiocarbonyl (C=S) groups is 1.